The molecule has 0 aliphatic carbocycles. The van der Waals surface area contributed by atoms with Gasteiger partial charge < -0.3 is 19.7 Å². The lowest BCUT2D eigenvalue weighted by Crippen LogP contribution is -2.43. The quantitative estimate of drug-likeness (QED) is 0.327. The molecule has 0 aliphatic heterocycles. The maximum absolute atomic E-state index is 11.6. The predicted octanol–water partition coefficient (Wildman–Crippen LogP) is 2.59. The lowest BCUT2D eigenvalue weighted by Gasteiger charge is -2.23. The number of aliphatic hydroxyl groups is 2. The lowest BCUT2D eigenvalue weighted by molar-refractivity contribution is -0.170. The van der Waals surface area contributed by atoms with Gasteiger partial charge in [0.1, 0.15) is 5.75 Å². The number of carbonyl (C=O) groups excluding carboxylic acids is 1. The van der Waals surface area contributed by atoms with Crippen molar-refractivity contribution in [1.82, 2.24) is 0 Å². The molecule has 0 aromatic heterocycles. The third-order valence-corrected chi connectivity index (χ3v) is 3.89. The van der Waals surface area contributed by atoms with Crippen molar-refractivity contribution in [3.63, 3.8) is 0 Å². The van der Waals surface area contributed by atoms with E-state index in [4.69, 9.17) is 9.47 Å². The van der Waals surface area contributed by atoms with Crippen molar-refractivity contribution >= 4 is 18.6 Å². The van der Waals surface area contributed by atoms with Crippen molar-refractivity contribution in [2.75, 3.05) is 19.8 Å². The van der Waals surface area contributed by atoms with Crippen LogP contribution in [0.1, 0.15) is 39.0 Å². The summed E-state index contributed by atoms with van der Waals surface area (Å²) in [7, 11) is 0. The van der Waals surface area contributed by atoms with Gasteiger partial charge in [0, 0.05) is 4.90 Å². The molecule has 0 aliphatic rings. The third-order valence-electron chi connectivity index (χ3n) is 3.52. The van der Waals surface area contributed by atoms with E-state index in [0.29, 0.717) is 13.0 Å². The fraction of sp³-hybridized carbons (Fsp3) is 0.588. The molecule has 0 spiro atoms. The molecule has 1 unspecified atom stereocenters. The highest BCUT2D eigenvalue weighted by atomic mass is 32.1. The summed E-state index contributed by atoms with van der Waals surface area (Å²) in [6.45, 7) is 1.83. The van der Waals surface area contributed by atoms with Gasteiger partial charge in [-0.15, -0.1) is 12.6 Å². The van der Waals surface area contributed by atoms with E-state index in [1.807, 2.05) is 24.3 Å². The zero-order chi connectivity index (χ0) is 17.1. The van der Waals surface area contributed by atoms with Gasteiger partial charge in [-0.25, -0.2) is 4.79 Å². The molecule has 6 heteroatoms. The zero-order valence-corrected chi connectivity index (χ0v) is 14.4. The maximum atomic E-state index is 11.6. The van der Waals surface area contributed by atoms with Crippen LogP contribution in [0.3, 0.4) is 0 Å². The molecule has 1 atom stereocenters. The monoisotopic (exact) mass is 342 g/mol. The summed E-state index contributed by atoms with van der Waals surface area (Å²) in [5.74, 6) is 0.0176. The van der Waals surface area contributed by atoms with Gasteiger partial charge in [-0.1, -0.05) is 25.0 Å². The Bertz CT molecular complexity index is 480. The molecule has 0 amide bonds. The Morgan fingerprint density at radius 3 is 2.57 bits per heavy atom. The van der Waals surface area contributed by atoms with Crippen LogP contribution in [-0.4, -0.2) is 41.6 Å². The second-order valence-electron chi connectivity index (χ2n) is 5.39. The minimum atomic E-state index is -1.78. The normalized spacial score (nSPS) is 13.4. The Balaban J connectivity index is 2.17. The molecule has 23 heavy (non-hydrogen) atoms. The van der Waals surface area contributed by atoms with E-state index >= 15 is 0 Å². The highest BCUT2D eigenvalue weighted by Crippen LogP contribution is 2.22. The van der Waals surface area contributed by atoms with Crippen LogP contribution < -0.4 is 4.74 Å². The highest BCUT2D eigenvalue weighted by molar-refractivity contribution is 7.80. The summed E-state index contributed by atoms with van der Waals surface area (Å²) < 4.78 is 10.4. The standard InChI is InChI=1S/C17H26O5S/c1-2-21-16(19)17(20,13-18)11-7-3-4-8-12-22-14-9-5-6-10-15(14)23/h5-6,9-10,18,20,23H,2-4,7-8,11-13H2,1H3. The van der Waals surface area contributed by atoms with Gasteiger partial charge >= 0.3 is 5.97 Å². The zero-order valence-electron chi connectivity index (χ0n) is 13.5. The predicted molar refractivity (Wildman–Crippen MR) is 90.9 cm³/mol. The van der Waals surface area contributed by atoms with Crippen LogP contribution in [0.2, 0.25) is 0 Å². The van der Waals surface area contributed by atoms with Gasteiger partial charge in [0.05, 0.1) is 19.8 Å². The molecule has 0 fully saturated rings. The molecule has 0 saturated heterocycles. The third kappa shape index (κ3) is 6.81. The molecule has 1 rings (SSSR count). The number of esters is 1. The Morgan fingerprint density at radius 1 is 1.22 bits per heavy atom. The van der Waals surface area contributed by atoms with Crippen LogP contribution >= 0.6 is 12.6 Å². The second kappa shape index (κ2) is 10.5. The number of unbranched alkanes of at least 4 members (excludes halogenated alkanes) is 3. The SMILES string of the molecule is CCOC(=O)C(O)(CO)CCCCCCOc1ccccc1S. The fourth-order valence-corrected chi connectivity index (χ4v) is 2.37. The second-order valence-corrected chi connectivity index (χ2v) is 5.87. The van der Waals surface area contributed by atoms with Crippen molar-refractivity contribution in [3.05, 3.63) is 24.3 Å². The van der Waals surface area contributed by atoms with Gasteiger partial charge in [0.2, 0.25) is 0 Å². The number of aliphatic hydroxyl groups excluding tert-OH is 1. The molecule has 130 valence electrons. The van der Waals surface area contributed by atoms with Crippen LogP contribution in [0.4, 0.5) is 0 Å². The van der Waals surface area contributed by atoms with Gasteiger partial charge in [-0.3, -0.25) is 0 Å². The van der Waals surface area contributed by atoms with Crippen molar-refractivity contribution in [3.8, 4) is 5.75 Å². The molecule has 0 bridgehead atoms. The van der Waals surface area contributed by atoms with E-state index in [-0.39, 0.29) is 13.0 Å². The molecular formula is C17H26O5S. The molecule has 1 aromatic rings. The molecule has 2 N–H and O–H groups in total. The van der Waals surface area contributed by atoms with Gasteiger partial charge in [-0.2, -0.15) is 0 Å². The molecular weight excluding hydrogens is 316 g/mol. The van der Waals surface area contributed by atoms with Crippen LogP contribution in [-0.2, 0) is 9.53 Å². The number of rotatable bonds is 11. The minimum Gasteiger partial charge on any atom is -0.492 e. The van der Waals surface area contributed by atoms with E-state index < -0.39 is 18.2 Å². The minimum absolute atomic E-state index is 0.186. The summed E-state index contributed by atoms with van der Waals surface area (Å²) >= 11 is 4.31. The van der Waals surface area contributed by atoms with Crippen molar-refractivity contribution in [1.29, 1.82) is 0 Å². The van der Waals surface area contributed by atoms with Crippen molar-refractivity contribution in [2.45, 2.75) is 49.5 Å². The average molecular weight is 342 g/mol. The first-order chi connectivity index (χ1) is 11.0. The van der Waals surface area contributed by atoms with E-state index in [1.165, 1.54) is 0 Å². The Kier molecular flexibility index (Phi) is 9.06. The molecule has 0 heterocycles. The van der Waals surface area contributed by atoms with Crippen LogP contribution in [0.5, 0.6) is 5.75 Å². The Morgan fingerprint density at radius 2 is 1.91 bits per heavy atom. The maximum Gasteiger partial charge on any atom is 0.340 e. The summed E-state index contributed by atoms with van der Waals surface area (Å²) in [6, 6.07) is 7.56. The number of ether oxygens (including phenoxy) is 2. The topological polar surface area (TPSA) is 76.0 Å². The number of thiol groups is 1. The van der Waals surface area contributed by atoms with Crippen molar-refractivity contribution in [2.24, 2.45) is 0 Å². The average Bonchev–Trinajstić information content (AvgIpc) is 2.55. The Labute approximate surface area is 143 Å². The number of carbonyl (C=O) groups is 1. The summed E-state index contributed by atoms with van der Waals surface area (Å²) in [6.07, 6.45) is 3.47. The van der Waals surface area contributed by atoms with Gasteiger partial charge in [-0.05, 0) is 38.3 Å². The Hall–Kier alpha value is -1.24. The smallest absolute Gasteiger partial charge is 0.340 e. The first-order valence-electron chi connectivity index (χ1n) is 7.94. The first-order valence-corrected chi connectivity index (χ1v) is 8.39. The molecule has 1 aromatic carbocycles. The van der Waals surface area contributed by atoms with E-state index in [0.717, 1.165) is 29.9 Å². The number of benzene rings is 1. The largest absolute Gasteiger partial charge is 0.492 e. The molecule has 0 saturated carbocycles. The van der Waals surface area contributed by atoms with Crippen LogP contribution in [0, 0.1) is 0 Å². The van der Waals surface area contributed by atoms with E-state index in [1.54, 1.807) is 6.92 Å². The number of hydrogen-bond donors (Lipinski definition) is 3. The fourth-order valence-electron chi connectivity index (χ4n) is 2.15. The van der Waals surface area contributed by atoms with Crippen LogP contribution in [0.25, 0.3) is 0 Å². The summed E-state index contributed by atoms with van der Waals surface area (Å²) in [5.41, 5.74) is -1.78. The number of hydrogen-bond acceptors (Lipinski definition) is 6. The van der Waals surface area contributed by atoms with Gasteiger partial charge in [0.25, 0.3) is 0 Å². The number of para-hydroxylation sites is 1. The molecule has 0 radical (unpaired) electrons. The molecule has 5 nitrogen and oxygen atoms in total. The lowest BCUT2D eigenvalue weighted by atomic mass is 9.97. The van der Waals surface area contributed by atoms with E-state index in [2.05, 4.69) is 12.6 Å². The van der Waals surface area contributed by atoms with E-state index in [9.17, 15) is 15.0 Å². The van der Waals surface area contributed by atoms with Crippen molar-refractivity contribution < 1.29 is 24.5 Å². The summed E-state index contributed by atoms with van der Waals surface area (Å²) in [5, 5.41) is 19.2. The highest BCUT2D eigenvalue weighted by Gasteiger charge is 2.36. The first kappa shape index (κ1) is 19.8. The summed E-state index contributed by atoms with van der Waals surface area (Å²) in [4.78, 5) is 12.4. The van der Waals surface area contributed by atoms with Gasteiger partial charge in [0.15, 0.2) is 5.60 Å². The van der Waals surface area contributed by atoms with Crippen LogP contribution in [0.15, 0.2) is 29.2 Å².